The van der Waals surface area contributed by atoms with Crippen molar-refractivity contribution >= 4 is 51.5 Å². The number of pyridine rings is 2. The summed E-state index contributed by atoms with van der Waals surface area (Å²) in [6.07, 6.45) is 2.95. The highest BCUT2D eigenvalue weighted by atomic mass is 19.1. The molecule has 0 fully saturated rings. The maximum atomic E-state index is 13.9. The van der Waals surface area contributed by atoms with Gasteiger partial charge >= 0.3 is 5.91 Å². The monoisotopic (exact) mass is 685 g/mol. The van der Waals surface area contributed by atoms with Crippen molar-refractivity contribution in [1.29, 1.82) is 0 Å². The van der Waals surface area contributed by atoms with Crippen molar-refractivity contribution in [3.8, 4) is 28.4 Å². The number of amides is 2. The SMILES string of the molecule is CCn1c(NC(C)=O)nc2c(Oc3ccc4c(c3)nc(Nc3ccc(C)c(-c5ccnc(F)c5)c3)n4C)c(ONC(=O)c3ccccn3)ccc21. The molecular weight excluding hydrogens is 653 g/mol. The molecule has 0 aliphatic rings. The van der Waals surface area contributed by atoms with Gasteiger partial charge in [-0.2, -0.15) is 9.87 Å². The molecule has 0 unspecified atom stereocenters. The zero-order valence-electron chi connectivity index (χ0n) is 28.1. The van der Waals surface area contributed by atoms with Crippen LogP contribution in [0.15, 0.2) is 91.3 Å². The molecule has 7 aromatic rings. The molecule has 14 heteroatoms. The first-order valence-electron chi connectivity index (χ1n) is 16.0. The first-order chi connectivity index (χ1) is 24.7. The van der Waals surface area contributed by atoms with Gasteiger partial charge in [0.2, 0.25) is 23.8 Å². The van der Waals surface area contributed by atoms with Gasteiger partial charge in [0.05, 0.1) is 16.6 Å². The van der Waals surface area contributed by atoms with Crippen LogP contribution in [0.1, 0.15) is 29.9 Å². The van der Waals surface area contributed by atoms with E-state index in [0.29, 0.717) is 40.7 Å². The number of rotatable bonds is 10. The van der Waals surface area contributed by atoms with E-state index in [1.165, 1.54) is 25.4 Å². The van der Waals surface area contributed by atoms with Crippen LogP contribution in [0.4, 0.5) is 22.0 Å². The zero-order valence-corrected chi connectivity index (χ0v) is 28.1. The minimum absolute atomic E-state index is 0.169. The van der Waals surface area contributed by atoms with E-state index in [9.17, 15) is 14.0 Å². The number of nitrogens with zero attached hydrogens (tertiary/aromatic N) is 6. The van der Waals surface area contributed by atoms with E-state index in [4.69, 9.17) is 14.6 Å². The average Bonchev–Trinajstić information content (AvgIpc) is 3.63. The van der Waals surface area contributed by atoms with E-state index >= 15 is 0 Å². The summed E-state index contributed by atoms with van der Waals surface area (Å²) in [6, 6.07) is 22.8. The van der Waals surface area contributed by atoms with Crippen LogP contribution in [0.2, 0.25) is 0 Å². The second-order valence-electron chi connectivity index (χ2n) is 11.6. The molecule has 7 rings (SSSR count). The summed E-state index contributed by atoms with van der Waals surface area (Å²) >= 11 is 0. The molecule has 4 aromatic heterocycles. The maximum Gasteiger partial charge on any atom is 0.302 e. The summed E-state index contributed by atoms with van der Waals surface area (Å²) in [5.41, 5.74) is 8.48. The lowest BCUT2D eigenvalue weighted by Gasteiger charge is -2.13. The number of halogens is 1. The number of hydrogen-bond acceptors (Lipinski definition) is 9. The van der Waals surface area contributed by atoms with Crippen LogP contribution in [-0.2, 0) is 18.4 Å². The van der Waals surface area contributed by atoms with Crippen molar-refractivity contribution in [2.75, 3.05) is 10.6 Å². The molecule has 3 N–H and O–H groups in total. The summed E-state index contributed by atoms with van der Waals surface area (Å²) in [4.78, 5) is 47.8. The van der Waals surface area contributed by atoms with Gasteiger partial charge in [-0.25, -0.2) is 15.0 Å². The molecule has 13 nitrogen and oxygen atoms in total. The molecule has 0 atom stereocenters. The number of ether oxygens (including phenoxy) is 1. The van der Waals surface area contributed by atoms with Crippen LogP contribution in [0, 0.1) is 12.9 Å². The van der Waals surface area contributed by atoms with Crippen LogP contribution in [0.5, 0.6) is 17.2 Å². The number of aromatic nitrogens is 6. The quantitative estimate of drug-likeness (QED) is 0.102. The first-order valence-corrected chi connectivity index (χ1v) is 16.0. The van der Waals surface area contributed by atoms with Gasteiger partial charge in [0, 0.05) is 50.7 Å². The molecule has 0 bridgehead atoms. The third-order valence-electron chi connectivity index (χ3n) is 8.20. The van der Waals surface area contributed by atoms with Crippen LogP contribution < -0.4 is 25.7 Å². The molecule has 4 heterocycles. The number of anilines is 3. The molecule has 0 aliphatic heterocycles. The Morgan fingerprint density at radius 1 is 0.902 bits per heavy atom. The highest BCUT2D eigenvalue weighted by Crippen LogP contribution is 2.40. The van der Waals surface area contributed by atoms with Crippen molar-refractivity contribution in [1.82, 2.24) is 34.6 Å². The molecule has 0 spiro atoms. The lowest BCUT2D eigenvalue weighted by Crippen LogP contribution is -2.27. The van der Waals surface area contributed by atoms with Crippen LogP contribution in [-0.4, -0.2) is 40.9 Å². The number of fused-ring (bicyclic) bond motifs is 2. The van der Waals surface area contributed by atoms with Gasteiger partial charge in [0.15, 0.2) is 11.5 Å². The minimum Gasteiger partial charge on any atom is -0.451 e. The Kier molecular flexibility index (Phi) is 8.71. The molecule has 0 saturated heterocycles. The van der Waals surface area contributed by atoms with Gasteiger partial charge in [0.25, 0.3) is 0 Å². The summed E-state index contributed by atoms with van der Waals surface area (Å²) in [5, 5.41) is 6.14. The first kappa shape index (κ1) is 32.7. The summed E-state index contributed by atoms with van der Waals surface area (Å²) in [7, 11) is 1.89. The van der Waals surface area contributed by atoms with Crippen molar-refractivity contribution in [3.05, 3.63) is 108 Å². The molecule has 51 heavy (non-hydrogen) atoms. The standard InChI is InChI=1S/C37H32FN9O4/c1-5-47-30-13-14-31(51-45-35(49)27-8-6-7-16-39-27)34(33(30)44-37(47)41-22(3)48)50-25-11-12-29-28(20-25)43-36(46(29)4)42-24-10-9-21(2)26(19-24)23-15-17-40-32(38)18-23/h6-20H,5H2,1-4H3,(H,42,43)(H,45,49)(H,41,44,48). The number of aryl methyl sites for hydroxylation is 3. The number of hydroxylamine groups is 1. The Hall–Kier alpha value is -6.83. The van der Waals surface area contributed by atoms with E-state index in [1.54, 1.807) is 48.5 Å². The normalized spacial score (nSPS) is 11.1. The molecule has 0 aliphatic carbocycles. The van der Waals surface area contributed by atoms with Gasteiger partial charge in [-0.15, -0.1) is 0 Å². The highest BCUT2D eigenvalue weighted by molar-refractivity contribution is 5.94. The molecule has 3 aromatic carbocycles. The number of nitrogens with one attached hydrogen (secondary N) is 3. The van der Waals surface area contributed by atoms with Crippen LogP contribution in [0.3, 0.4) is 0 Å². The largest absolute Gasteiger partial charge is 0.451 e. The van der Waals surface area contributed by atoms with Crippen molar-refractivity contribution < 1.29 is 23.6 Å². The second-order valence-corrected chi connectivity index (χ2v) is 11.6. The average molecular weight is 686 g/mol. The number of carbonyl (C=O) groups is 2. The topological polar surface area (TPSA) is 150 Å². The van der Waals surface area contributed by atoms with Gasteiger partial charge < -0.3 is 24.0 Å². The number of carbonyl (C=O) groups excluding carboxylic acids is 2. The third kappa shape index (κ3) is 6.62. The Bertz CT molecular complexity index is 2440. The summed E-state index contributed by atoms with van der Waals surface area (Å²) in [6.45, 7) is 5.82. The molecule has 0 saturated carbocycles. The fraction of sp³-hybridized carbons (Fsp3) is 0.135. The van der Waals surface area contributed by atoms with E-state index in [1.807, 2.05) is 54.3 Å². The Balaban J connectivity index is 1.22. The predicted molar refractivity (Wildman–Crippen MR) is 190 cm³/mol. The summed E-state index contributed by atoms with van der Waals surface area (Å²) in [5.74, 6) is 0.338. The number of benzene rings is 3. The Morgan fingerprint density at radius 2 is 1.75 bits per heavy atom. The predicted octanol–water partition coefficient (Wildman–Crippen LogP) is 7.07. The van der Waals surface area contributed by atoms with Gasteiger partial charge in [-0.1, -0.05) is 12.1 Å². The lowest BCUT2D eigenvalue weighted by atomic mass is 10.0. The fourth-order valence-electron chi connectivity index (χ4n) is 5.73. The van der Waals surface area contributed by atoms with Crippen molar-refractivity contribution in [3.63, 3.8) is 0 Å². The Labute approximate surface area is 291 Å². The molecule has 2 amide bonds. The number of hydrogen-bond donors (Lipinski definition) is 3. The van der Waals surface area contributed by atoms with Gasteiger partial charge in [-0.05, 0) is 85.1 Å². The van der Waals surface area contributed by atoms with E-state index < -0.39 is 11.9 Å². The van der Waals surface area contributed by atoms with Gasteiger partial charge in [-0.3, -0.25) is 19.9 Å². The second kappa shape index (κ2) is 13.6. The van der Waals surface area contributed by atoms with E-state index in [2.05, 4.69) is 31.1 Å². The molecule has 0 radical (unpaired) electrons. The van der Waals surface area contributed by atoms with Crippen LogP contribution >= 0.6 is 0 Å². The number of imidazole rings is 2. The van der Waals surface area contributed by atoms with E-state index in [-0.39, 0.29) is 23.1 Å². The smallest absolute Gasteiger partial charge is 0.302 e. The molecule has 256 valence electrons. The zero-order chi connectivity index (χ0) is 35.6. The van der Waals surface area contributed by atoms with Crippen molar-refractivity contribution in [2.24, 2.45) is 7.05 Å². The summed E-state index contributed by atoms with van der Waals surface area (Å²) < 4.78 is 24.1. The van der Waals surface area contributed by atoms with Gasteiger partial charge in [0.1, 0.15) is 17.0 Å². The van der Waals surface area contributed by atoms with Crippen molar-refractivity contribution in [2.45, 2.75) is 27.3 Å². The lowest BCUT2D eigenvalue weighted by molar-refractivity contribution is -0.114. The fourth-order valence-corrected chi connectivity index (χ4v) is 5.73. The maximum absolute atomic E-state index is 13.9. The van der Waals surface area contributed by atoms with Crippen LogP contribution in [0.25, 0.3) is 33.2 Å². The minimum atomic E-state index is -0.553. The van der Waals surface area contributed by atoms with E-state index in [0.717, 1.165) is 27.9 Å². The molecular formula is C37H32FN9O4. The Morgan fingerprint density at radius 3 is 2.51 bits per heavy atom. The highest BCUT2D eigenvalue weighted by Gasteiger charge is 2.22. The third-order valence-corrected chi connectivity index (χ3v) is 8.20.